The van der Waals surface area contributed by atoms with E-state index in [1.165, 1.54) is 24.0 Å². The van der Waals surface area contributed by atoms with Crippen LogP contribution in [0.1, 0.15) is 36.8 Å². The van der Waals surface area contributed by atoms with Gasteiger partial charge in [-0.15, -0.1) is 0 Å². The molecular formula is C15H20N2O2. The van der Waals surface area contributed by atoms with Crippen LogP contribution in [-0.2, 0) is 22.6 Å². The van der Waals surface area contributed by atoms with Crippen molar-refractivity contribution in [1.82, 2.24) is 10.8 Å². The third-order valence-electron chi connectivity index (χ3n) is 4.03. The van der Waals surface area contributed by atoms with E-state index in [2.05, 4.69) is 22.9 Å². The topological polar surface area (TPSA) is 50.4 Å². The number of nitrogens with one attached hydrogen (secondary N) is 2. The van der Waals surface area contributed by atoms with E-state index < -0.39 is 0 Å². The predicted molar refractivity (Wildman–Crippen MR) is 72.3 cm³/mol. The Labute approximate surface area is 113 Å². The summed E-state index contributed by atoms with van der Waals surface area (Å²) in [7, 11) is 0. The molecule has 1 fully saturated rings. The largest absolute Gasteiger partial charge is 0.301 e. The summed E-state index contributed by atoms with van der Waals surface area (Å²) in [5.41, 5.74) is 5.16. The van der Waals surface area contributed by atoms with E-state index in [4.69, 9.17) is 4.84 Å². The Morgan fingerprint density at radius 1 is 1.21 bits per heavy atom. The fraction of sp³-hybridized carbons (Fsp3) is 0.533. The second kappa shape index (κ2) is 5.72. The summed E-state index contributed by atoms with van der Waals surface area (Å²) >= 11 is 0. The van der Waals surface area contributed by atoms with Crippen molar-refractivity contribution in [2.75, 3.05) is 0 Å². The number of fused-ring (bicyclic) bond motifs is 1. The van der Waals surface area contributed by atoms with Gasteiger partial charge < -0.3 is 5.32 Å². The summed E-state index contributed by atoms with van der Waals surface area (Å²) in [6, 6.07) is 8.06. The number of hydrogen-bond acceptors (Lipinski definition) is 3. The molecule has 0 bridgehead atoms. The highest BCUT2D eigenvalue weighted by Crippen LogP contribution is 2.20. The van der Waals surface area contributed by atoms with Gasteiger partial charge in [-0.05, 0) is 30.4 Å². The second-order valence-corrected chi connectivity index (χ2v) is 5.40. The van der Waals surface area contributed by atoms with Crippen LogP contribution < -0.4 is 10.8 Å². The van der Waals surface area contributed by atoms with E-state index in [0.29, 0.717) is 0 Å². The third kappa shape index (κ3) is 2.96. The van der Waals surface area contributed by atoms with Crippen LogP contribution in [0, 0.1) is 0 Å². The molecular weight excluding hydrogens is 240 g/mol. The Balaban J connectivity index is 1.54. The third-order valence-corrected chi connectivity index (χ3v) is 4.03. The second-order valence-electron chi connectivity index (χ2n) is 5.40. The fourth-order valence-electron chi connectivity index (χ4n) is 2.86. The Morgan fingerprint density at radius 2 is 1.95 bits per heavy atom. The van der Waals surface area contributed by atoms with Gasteiger partial charge in [0.25, 0.3) is 5.91 Å². The van der Waals surface area contributed by atoms with E-state index in [1.807, 2.05) is 12.1 Å². The molecule has 0 spiro atoms. The van der Waals surface area contributed by atoms with Crippen LogP contribution in [0.4, 0.5) is 0 Å². The molecule has 0 saturated heterocycles. The van der Waals surface area contributed by atoms with Gasteiger partial charge in [0.05, 0.1) is 12.1 Å². The lowest BCUT2D eigenvalue weighted by Crippen LogP contribution is -2.48. The van der Waals surface area contributed by atoms with Gasteiger partial charge in [-0.2, -0.15) is 0 Å². The van der Waals surface area contributed by atoms with Gasteiger partial charge >= 0.3 is 0 Å². The number of carbonyl (C=O) groups excluding carboxylic acids is 1. The number of rotatable bonds is 3. The molecule has 1 aliphatic heterocycles. The Hall–Kier alpha value is -1.39. The van der Waals surface area contributed by atoms with Crippen LogP contribution in [-0.4, -0.2) is 18.1 Å². The first-order valence-corrected chi connectivity index (χ1v) is 7.08. The molecule has 0 radical (unpaired) electrons. The first-order valence-electron chi connectivity index (χ1n) is 7.08. The van der Waals surface area contributed by atoms with E-state index in [9.17, 15) is 4.79 Å². The average Bonchev–Trinajstić information content (AvgIpc) is 2.97. The molecule has 1 saturated carbocycles. The van der Waals surface area contributed by atoms with E-state index >= 15 is 0 Å². The monoisotopic (exact) mass is 260 g/mol. The molecule has 1 aromatic rings. The maximum absolute atomic E-state index is 12.1. The molecule has 2 N–H and O–H groups in total. The standard InChI is InChI=1S/C15H20N2O2/c18-15(17-19-13-7-3-4-8-13)14-9-11-5-1-2-6-12(11)10-16-14/h1-2,5-6,13-14,16H,3-4,7-10H2,(H,17,18)/t14-/m0/s1. The van der Waals surface area contributed by atoms with Gasteiger partial charge in [0.2, 0.25) is 0 Å². The highest BCUT2D eigenvalue weighted by Gasteiger charge is 2.25. The molecule has 0 aromatic heterocycles. The lowest BCUT2D eigenvalue weighted by Gasteiger charge is -2.25. The van der Waals surface area contributed by atoms with Gasteiger partial charge in [0.15, 0.2) is 0 Å². The fourth-order valence-corrected chi connectivity index (χ4v) is 2.86. The lowest BCUT2D eigenvalue weighted by molar-refractivity contribution is -0.140. The lowest BCUT2D eigenvalue weighted by atomic mass is 9.96. The number of carbonyl (C=O) groups is 1. The van der Waals surface area contributed by atoms with Gasteiger partial charge in [-0.3, -0.25) is 9.63 Å². The molecule has 1 atom stereocenters. The first kappa shape index (κ1) is 12.6. The summed E-state index contributed by atoms with van der Waals surface area (Å²) in [6.45, 7) is 0.748. The van der Waals surface area contributed by atoms with Crippen molar-refractivity contribution in [2.45, 2.75) is 50.8 Å². The van der Waals surface area contributed by atoms with Crippen molar-refractivity contribution < 1.29 is 9.63 Å². The number of hydroxylamine groups is 1. The number of amides is 1. The minimum Gasteiger partial charge on any atom is -0.301 e. The van der Waals surface area contributed by atoms with Crippen molar-refractivity contribution in [3.05, 3.63) is 35.4 Å². The highest BCUT2D eigenvalue weighted by molar-refractivity contribution is 5.81. The molecule has 102 valence electrons. The maximum Gasteiger partial charge on any atom is 0.261 e. The predicted octanol–water partition coefficient (Wildman–Crippen LogP) is 1.69. The molecule has 4 heteroatoms. The molecule has 1 aliphatic carbocycles. The smallest absolute Gasteiger partial charge is 0.261 e. The number of hydrogen-bond donors (Lipinski definition) is 2. The van der Waals surface area contributed by atoms with Crippen molar-refractivity contribution >= 4 is 5.91 Å². The first-order chi connectivity index (χ1) is 9.33. The summed E-state index contributed by atoms with van der Waals surface area (Å²) in [6.07, 6.45) is 5.46. The average molecular weight is 260 g/mol. The summed E-state index contributed by atoms with van der Waals surface area (Å²) in [5.74, 6) is -0.0543. The normalized spacial score (nSPS) is 23.1. The zero-order valence-electron chi connectivity index (χ0n) is 11.0. The maximum atomic E-state index is 12.1. The van der Waals surface area contributed by atoms with Gasteiger partial charge in [0, 0.05) is 6.54 Å². The van der Waals surface area contributed by atoms with Crippen LogP contribution in [0.25, 0.3) is 0 Å². The minimum atomic E-state index is -0.184. The summed E-state index contributed by atoms with van der Waals surface area (Å²) < 4.78 is 0. The molecule has 1 heterocycles. The van der Waals surface area contributed by atoms with Crippen LogP contribution in [0.15, 0.2) is 24.3 Å². The van der Waals surface area contributed by atoms with Crippen LogP contribution >= 0.6 is 0 Å². The molecule has 2 aliphatic rings. The van der Waals surface area contributed by atoms with E-state index in [0.717, 1.165) is 25.8 Å². The highest BCUT2D eigenvalue weighted by atomic mass is 16.7. The van der Waals surface area contributed by atoms with E-state index in [-0.39, 0.29) is 18.1 Å². The van der Waals surface area contributed by atoms with Crippen molar-refractivity contribution in [3.8, 4) is 0 Å². The van der Waals surface area contributed by atoms with E-state index in [1.54, 1.807) is 0 Å². The summed E-state index contributed by atoms with van der Waals surface area (Å²) in [4.78, 5) is 17.5. The molecule has 19 heavy (non-hydrogen) atoms. The quantitative estimate of drug-likeness (QED) is 0.813. The molecule has 1 amide bonds. The van der Waals surface area contributed by atoms with Crippen LogP contribution in [0.5, 0.6) is 0 Å². The molecule has 0 unspecified atom stereocenters. The molecule has 4 nitrogen and oxygen atoms in total. The van der Waals surface area contributed by atoms with Crippen molar-refractivity contribution in [2.24, 2.45) is 0 Å². The SMILES string of the molecule is O=C(NOC1CCCC1)[C@@H]1Cc2ccccc2CN1. The van der Waals surface area contributed by atoms with Crippen LogP contribution in [0.3, 0.4) is 0 Å². The van der Waals surface area contributed by atoms with Crippen molar-refractivity contribution in [3.63, 3.8) is 0 Å². The molecule has 3 rings (SSSR count). The van der Waals surface area contributed by atoms with Crippen LogP contribution in [0.2, 0.25) is 0 Å². The zero-order valence-corrected chi connectivity index (χ0v) is 11.0. The van der Waals surface area contributed by atoms with Gasteiger partial charge in [-0.1, -0.05) is 37.1 Å². The Bertz CT molecular complexity index is 455. The molecule has 1 aromatic carbocycles. The van der Waals surface area contributed by atoms with Gasteiger partial charge in [0.1, 0.15) is 0 Å². The Kier molecular flexibility index (Phi) is 3.80. The number of benzene rings is 1. The minimum absolute atomic E-state index is 0.0543. The van der Waals surface area contributed by atoms with Gasteiger partial charge in [-0.25, -0.2) is 5.48 Å². The summed E-state index contributed by atoms with van der Waals surface area (Å²) in [5, 5.41) is 3.26. The Morgan fingerprint density at radius 3 is 2.74 bits per heavy atom. The zero-order chi connectivity index (χ0) is 13.1. The van der Waals surface area contributed by atoms with Crippen molar-refractivity contribution in [1.29, 1.82) is 0 Å².